The largest absolute Gasteiger partial charge is 0.494 e. The van der Waals surface area contributed by atoms with Crippen molar-refractivity contribution in [3.05, 3.63) is 59.1 Å². The van der Waals surface area contributed by atoms with E-state index in [1.807, 2.05) is 25.1 Å². The van der Waals surface area contributed by atoms with Crippen molar-refractivity contribution in [3.63, 3.8) is 0 Å². The number of hydrogen-bond donors (Lipinski definition) is 0. The fourth-order valence-corrected chi connectivity index (χ4v) is 4.82. The maximum absolute atomic E-state index is 5.53. The zero-order valence-corrected chi connectivity index (χ0v) is 18.6. The Kier molecular flexibility index (Phi) is 6.06. The predicted octanol–water partition coefficient (Wildman–Crippen LogP) is 4.26. The van der Waals surface area contributed by atoms with Gasteiger partial charge in [0.1, 0.15) is 10.8 Å². The number of nitrogens with zero attached hydrogens (tertiary/aromatic N) is 3. The van der Waals surface area contributed by atoms with Crippen molar-refractivity contribution in [2.24, 2.45) is 0 Å². The summed E-state index contributed by atoms with van der Waals surface area (Å²) in [4.78, 5) is 9.86. The Morgan fingerprint density at radius 1 is 0.935 bits per heavy atom. The quantitative estimate of drug-likeness (QED) is 0.551. The highest BCUT2D eigenvalue weighted by atomic mass is 32.1. The van der Waals surface area contributed by atoms with Crippen molar-refractivity contribution in [2.75, 3.05) is 39.6 Å². The summed E-state index contributed by atoms with van der Waals surface area (Å²) in [6.07, 6.45) is 0. The molecule has 7 heteroatoms. The molecule has 3 aromatic rings. The van der Waals surface area contributed by atoms with Crippen LogP contribution in [0.25, 0.3) is 10.6 Å². The van der Waals surface area contributed by atoms with Crippen LogP contribution in [0.5, 0.6) is 17.2 Å². The van der Waals surface area contributed by atoms with Crippen molar-refractivity contribution in [1.82, 2.24) is 14.8 Å². The van der Waals surface area contributed by atoms with E-state index in [1.54, 1.807) is 11.3 Å². The standard InChI is InChI=1S/C24H27N3O3S/c1-2-28-21-6-4-19(5-7-21)24-25-20(16-31-24)15-27-11-9-26(10-12-27)14-18-3-8-22-23(13-18)30-17-29-22/h3-8,13,16H,2,9-12,14-15,17H2,1H3. The Balaban J connectivity index is 1.12. The smallest absolute Gasteiger partial charge is 0.231 e. The lowest BCUT2D eigenvalue weighted by atomic mass is 10.1. The average molecular weight is 438 g/mol. The van der Waals surface area contributed by atoms with Crippen LogP contribution >= 0.6 is 11.3 Å². The van der Waals surface area contributed by atoms with Gasteiger partial charge >= 0.3 is 0 Å². The molecule has 31 heavy (non-hydrogen) atoms. The fourth-order valence-electron chi connectivity index (χ4n) is 4.00. The van der Waals surface area contributed by atoms with Gasteiger partial charge in [0.05, 0.1) is 12.3 Å². The molecular weight excluding hydrogens is 410 g/mol. The molecular formula is C24H27N3O3S. The Labute approximate surface area is 187 Å². The lowest BCUT2D eigenvalue weighted by molar-refractivity contribution is 0.121. The molecule has 5 rings (SSSR count). The van der Waals surface area contributed by atoms with E-state index in [-0.39, 0.29) is 0 Å². The van der Waals surface area contributed by atoms with E-state index in [2.05, 4.69) is 39.4 Å². The van der Waals surface area contributed by atoms with E-state index < -0.39 is 0 Å². The normalized spacial score (nSPS) is 16.5. The number of aromatic nitrogens is 1. The monoisotopic (exact) mass is 437 g/mol. The number of ether oxygens (including phenoxy) is 3. The van der Waals surface area contributed by atoms with Crippen LogP contribution in [0.1, 0.15) is 18.2 Å². The van der Waals surface area contributed by atoms with Gasteiger partial charge in [0.25, 0.3) is 0 Å². The summed E-state index contributed by atoms with van der Waals surface area (Å²) in [7, 11) is 0. The van der Waals surface area contributed by atoms with Crippen molar-refractivity contribution in [3.8, 4) is 27.8 Å². The highest BCUT2D eigenvalue weighted by Gasteiger charge is 2.20. The molecule has 0 bridgehead atoms. The first-order chi connectivity index (χ1) is 15.3. The average Bonchev–Trinajstić information content (AvgIpc) is 3.45. The maximum atomic E-state index is 5.53. The molecule has 0 aliphatic carbocycles. The number of thiazole rings is 1. The van der Waals surface area contributed by atoms with Crippen molar-refractivity contribution in [2.45, 2.75) is 20.0 Å². The summed E-state index contributed by atoms with van der Waals surface area (Å²) < 4.78 is 16.4. The first kappa shape index (κ1) is 20.3. The molecule has 2 aliphatic rings. The fraction of sp³-hybridized carbons (Fsp3) is 0.375. The molecule has 0 radical (unpaired) electrons. The van der Waals surface area contributed by atoms with Gasteiger partial charge in [0.15, 0.2) is 11.5 Å². The summed E-state index contributed by atoms with van der Waals surface area (Å²) in [5.41, 5.74) is 3.57. The van der Waals surface area contributed by atoms with Crippen LogP contribution in [-0.2, 0) is 13.1 Å². The van der Waals surface area contributed by atoms with Gasteiger partial charge in [-0.1, -0.05) is 6.07 Å². The van der Waals surface area contributed by atoms with E-state index in [0.717, 1.165) is 72.8 Å². The lowest BCUT2D eigenvalue weighted by Crippen LogP contribution is -2.45. The van der Waals surface area contributed by atoms with Crippen LogP contribution in [0.4, 0.5) is 0 Å². The molecule has 2 aliphatic heterocycles. The van der Waals surface area contributed by atoms with Gasteiger partial charge in [-0.15, -0.1) is 11.3 Å². The minimum Gasteiger partial charge on any atom is -0.494 e. The Morgan fingerprint density at radius 2 is 1.68 bits per heavy atom. The third kappa shape index (κ3) is 4.84. The first-order valence-electron chi connectivity index (χ1n) is 10.8. The highest BCUT2D eigenvalue weighted by Crippen LogP contribution is 2.33. The molecule has 0 saturated carbocycles. The number of hydrogen-bond acceptors (Lipinski definition) is 7. The number of benzene rings is 2. The third-order valence-electron chi connectivity index (χ3n) is 5.66. The van der Waals surface area contributed by atoms with Crippen LogP contribution in [0, 0.1) is 0 Å². The maximum Gasteiger partial charge on any atom is 0.231 e. The Hall–Kier alpha value is -2.61. The minimum atomic E-state index is 0.328. The summed E-state index contributed by atoms with van der Waals surface area (Å²) in [6.45, 7) is 9.10. The topological polar surface area (TPSA) is 47.1 Å². The minimum absolute atomic E-state index is 0.328. The van der Waals surface area contributed by atoms with E-state index in [4.69, 9.17) is 19.2 Å². The second-order valence-corrected chi connectivity index (χ2v) is 8.70. The Morgan fingerprint density at radius 3 is 2.45 bits per heavy atom. The van der Waals surface area contributed by atoms with Gasteiger partial charge in [-0.2, -0.15) is 0 Å². The highest BCUT2D eigenvalue weighted by molar-refractivity contribution is 7.13. The zero-order chi connectivity index (χ0) is 21.0. The molecule has 1 saturated heterocycles. The van der Waals surface area contributed by atoms with E-state index in [9.17, 15) is 0 Å². The molecule has 1 aromatic heterocycles. The SMILES string of the molecule is CCOc1ccc(-c2nc(CN3CCN(Cc4ccc5c(c4)OCO5)CC3)cs2)cc1. The summed E-state index contributed by atoms with van der Waals surface area (Å²) in [5, 5.41) is 3.25. The van der Waals surface area contributed by atoms with Crippen molar-refractivity contribution >= 4 is 11.3 Å². The van der Waals surface area contributed by atoms with E-state index >= 15 is 0 Å². The van der Waals surface area contributed by atoms with Crippen molar-refractivity contribution < 1.29 is 14.2 Å². The molecule has 0 spiro atoms. The predicted molar refractivity (Wildman–Crippen MR) is 122 cm³/mol. The van der Waals surface area contributed by atoms with Crippen LogP contribution < -0.4 is 14.2 Å². The van der Waals surface area contributed by atoms with E-state index in [0.29, 0.717) is 13.4 Å². The second-order valence-electron chi connectivity index (χ2n) is 7.84. The molecule has 0 atom stereocenters. The third-order valence-corrected chi connectivity index (χ3v) is 6.60. The molecule has 2 aromatic carbocycles. The van der Waals surface area contributed by atoms with Gasteiger partial charge in [0, 0.05) is 50.2 Å². The van der Waals surface area contributed by atoms with Crippen LogP contribution in [0.3, 0.4) is 0 Å². The number of piperazine rings is 1. The van der Waals surface area contributed by atoms with Gasteiger partial charge < -0.3 is 14.2 Å². The zero-order valence-electron chi connectivity index (χ0n) is 17.8. The second kappa shape index (κ2) is 9.26. The van der Waals surface area contributed by atoms with Gasteiger partial charge in [-0.05, 0) is 48.9 Å². The molecule has 162 valence electrons. The van der Waals surface area contributed by atoms with Gasteiger partial charge in [-0.3, -0.25) is 9.80 Å². The summed E-state index contributed by atoms with van der Waals surface area (Å²) >= 11 is 1.71. The molecule has 1 fully saturated rings. The number of fused-ring (bicyclic) bond motifs is 1. The molecule has 0 N–H and O–H groups in total. The Bertz CT molecular complexity index is 1010. The molecule has 0 amide bonds. The van der Waals surface area contributed by atoms with Crippen molar-refractivity contribution in [1.29, 1.82) is 0 Å². The van der Waals surface area contributed by atoms with Gasteiger partial charge in [-0.25, -0.2) is 4.98 Å². The van der Waals surface area contributed by atoms with Crippen LogP contribution in [-0.4, -0.2) is 54.4 Å². The summed E-state index contributed by atoms with van der Waals surface area (Å²) in [6, 6.07) is 14.5. The van der Waals surface area contributed by atoms with Crippen LogP contribution in [0.15, 0.2) is 47.8 Å². The molecule has 3 heterocycles. The number of rotatable bonds is 7. The lowest BCUT2D eigenvalue weighted by Gasteiger charge is -2.34. The molecule has 0 unspecified atom stereocenters. The summed E-state index contributed by atoms with van der Waals surface area (Å²) in [5.74, 6) is 2.62. The van der Waals surface area contributed by atoms with Gasteiger partial charge in [0.2, 0.25) is 6.79 Å². The van der Waals surface area contributed by atoms with E-state index in [1.165, 1.54) is 5.56 Å². The first-order valence-corrected chi connectivity index (χ1v) is 11.7. The molecule has 6 nitrogen and oxygen atoms in total. The van der Waals surface area contributed by atoms with Crippen LogP contribution in [0.2, 0.25) is 0 Å².